The van der Waals surface area contributed by atoms with Gasteiger partial charge in [0.1, 0.15) is 0 Å². The molecule has 122 valence electrons. The molecule has 0 saturated carbocycles. The summed E-state index contributed by atoms with van der Waals surface area (Å²) in [6.45, 7) is 4.77. The largest absolute Gasteiger partial charge is 0.326 e. The number of hydrogen-bond acceptors (Lipinski definition) is 3. The third-order valence-corrected chi connectivity index (χ3v) is 5.32. The predicted octanol–water partition coefficient (Wildman–Crippen LogP) is 3.72. The molecule has 2 aromatic carbocycles. The molecular weight excluding hydrogens is 336 g/mol. The van der Waals surface area contributed by atoms with Crippen LogP contribution in [-0.2, 0) is 14.8 Å². The van der Waals surface area contributed by atoms with Crippen LogP contribution in [0.1, 0.15) is 18.1 Å². The molecule has 0 atom stereocenters. The topological polar surface area (TPSA) is 75.3 Å². The zero-order chi connectivity index (χ0) is 17.2. The number of hydrogen-bond donors (Lipinski definition) is 2. The Morgan fingerprint density at radius 3 is 2.26 bits per heavy atom. The van der Waals surface area contributed by atoms with E-state index in [0.29, 0.717) is 27.5 Å². The SMILES string of the molecule is CC(=O)Nc1cccc(NS(=O)(=O)c2cccc(Cl)c2C)c1C. The van der Waals surface area contributed by atoms with Crippen LogP contribution in [0.25, 0.3) is 0 Å². The molecule has 0 radical (unpaired) electrons. The Morgan fingerprint density at radius 2 is 1.61 bits per heavy atom. The average Bonchev–Trinajstić information content (AvgIpc) is 2.45. The molecule has 1 amide bonds. The number of halogens is 1. The van der Waals surface area contributed by atoms with Crippen LogP contribution in [-0.4, -0.2) is 14.3 Å². The summed E-state index contributed by atoms with van der Waals surface area (Å²) in [6, 6.07) is 9.73. The lowest BCUT2D eigenvalue weighted by molar-refractivity contribution is -0.114. The van der Waals surface area contributed by atoms with Crippen LogP contribution in [0.5, 0.6) is 0 Å². The number of rotatable bonds is 4. The van der Waals surface area contributed by atoms with Crippen LogP contribution in [0.3, 0.4) is 0 Å². The second-order valence-electron chi connectivity index (χ2n) is 5.13. The van der Waals surface area contributed by atoms with Gasteiger partial charge in [0.15, 0.2) is 0 Å². The minimum atomic E-state index is -3.78. The first kappa shape index (κ1) is 17.3. The molecule has 0 spiro atoms. The molecule has 2 N–H and O–H groups in total. The number of sulfonamides is 1. The predicted molar refractivity (Wildman–Crippen MR) is 92.5 cm³/mol. The second-order valence-corrected chi connectivity index (χ2v) is 7.19. The highest BCUT2D eigenvalue weighted by atomic mass is 35.5. The van der Waals surface area contributed by atoms with Gasteiger partial charge in [0.25, 0.3) is 10.0 Å². The van der Waals surface area contributed by atoms with Crippen molar-refractivity contribution in [2.24, 2.45) is 0 Å². The Kier molecular flexibility index (Phi) is 4.97. The van der Waals surface area contributed by atoms with Gasteiger partial charge >= 0.3 is 0 Å². The summed E-state index contributed by atoms with van der Waals surface area (Å²) in [6.07, 6.45) is 0. The van der Waals surface area contributed by atoms with Crippen molar-refractivity contribution in [1.29, 1.82) is 0 Å². The number of amides is 1. The highest BCUT2D eigenvalue weighted by Crippen LogP contribution is 2.28. The Balaban J connectivity index is 2.42. The molecule has 0 bridgehead atoms. The third-order valence-electron chi connectivity index (χ3n) is 3.40. The summed E-state index contributed by atoms with van der Waals surface area (Å²) in [5.41, 5.74) is 2.07. The first-order valence-electron chi connectivity index (χ1n) is 6.87. The maximum absolute atomic E-state index is 12.6. The van der Waals surface area contributed by atoms with Gasteiger partial charge in [0.05, 0.1) is 10.6 Å². The smallest absolute Gasteiger partial charge is 0.262 e. The summed E-state index contributed by atoms with van der Waals surface area (Å²) >= 11 is 6.00. The van der Waals surface area contributed by atoms with Crippen LogP contribution in [0, 0.1) is 13.8 Å². The zero-order valence-electron chi connectivity index (χ0n) is 13.0. The van der Waals surface area contributed by atoms with E-state index in [1.165, 1.54) is 13.0 Å². The molecule has 5 nitrogen and oxygen atoms in total. The molecule has 2 rings (SSSR count). The van der Waals surface area contributed by atoms with Crippen molar-refractivity contribution in [3.63, 3.8) is 0 Å². The van der Waals surface area contributed by atoms with Crippen molar-refractivity contribution in [3.05, 3.63) is 52.5 Å². The van der Waals surface area contributed by atoms with Crippen molar-refractivity contribution in [2.45, 2.75) is 25.7 Å². The highest BCUT2D eigenvalue weighted by Gasteiger charge is 2.19. The lowest BCUT2D eigenvalue weighted by Crippen LogP contribution is -2.16. The Morgan fingerprint density at radius 1 is 1.00 bits per heavy atom. The molecule has 0 aromatic heterocycles. The van der Waals surface area contributed by atoms with Gasteiger partial charge in [0.2, 0.25) is 5.91 Å². The van der Waals surface area contributed by atoms with Crippen molar-refractivity contribution in [2.75, 3.05) is 10.0 Å². The molecule has 0 aliphatic carbocycles. The van der Waals surface area contributed by atoms with Crippen LogP contribution < -0.4 is 10.0 Å². The fraction of sp³-hybridized carbons (Fsp3) is 0.188. The molecular formula is C16H17ClN2O3S. The summed E-state index contributed by atoms with van der Waals surface area (Å²) < 4.78 is 27.8. The van der Waals surface area contributed by atoms with Crippen molar-refractivity contribution in [1.82, 2.24) is 0 Å². The van der Waals surface area contributed by atoms with E-state index in [9.17, 15) is 13.2 Å². The molecule has 2 aromatic rings. The van der Waals surface area contributed by atoms with Gasteiger partial charge in [-0.1, -0.05) is 23.7 Å². The summed E-state index contributed by atoms with van der Waals surface area (Å²) in [5.74, 6) is -0.223. The van der Waals surface area contributed by atoms with Crippen molar-refractivity contribution < 1.29 is 13.2 Å². The fourth-order valence-electron chi connectivity index (χ4n) is 2.15. The van der Waals surface area contributed by atoms with E-state index < -0.39 is 10.0 Å². The first-order chi connectivity index (χ1) is 10.7. The second kappa shape index (κ2) is 6.60. The summed E-state index contributed by atoms with van der Waals surface area (Å²) in [5, 5.41) is 3.05. The van der Waals surface area contributed by atoms with Crippen LogP contribution >= 0.6 is 11.6 Å². The summed E-state index contributed by atoms with van der Waals surface area (Å²) in [4.78, 5) is 11.3. The van der Waals surface area contributed by atoms with Gasteiger partial charge in [-0.2, -0.15) is 0 Å². The van der Waals surface area contributed by atoms with Crippen molar-refractivity contribution in [3.8, 4) is 0 Å². The van der Waals surface area contributed by atoms with E-state index in [0.717, 1.165) is 0 Å². The number of anilines is 2. The zero-order valence-corrected chi connectivity index (χ0v) is 14.5. The minimum Gasteiger partial charge on any atom is -0.326 e. The Labute approximate surface area is 140 Å². The van der Waals surface area contributed by atoms with Gasteiger partial charge in [-0.3, -0.25) is 9.52 Å². The van der Waals surface area contributed by atoms with Gasteiger partial charge in [0, 0.05) is 17.6 Å². The summed E-state index contributed by atoms with van der Waals surface area (Å²) in [7, 11) is -3.78. The van der Waals surface area contributed by atoms with E-state index in [1.54, 1.807) is 44.2 Å². The van der Waals surface area contributed by atoms with E-state index in [4.69, 9.17) is 11.6 Å². The number of nitrogens with one attached hydrogen (secondary N) is 2. The fourth-order valence-corrected chi connectivity index (χ4v) is 3.77. The molecule has 23 heavy (non-hydrogen) atoms. The van der Waals surface area contributed by atoms with E-state index >= 15 is 0 Å². The third kappa shape index (κ3) is 3.83. The van der Waals surface area contributed by atoms with Crippen LogP contribution in [0.4, 0.5) is 11.4 Å². The lowest BCUT2D eigenvalue weighted by Gasteiger charge is -2.15. The van der Waals surface area contributed by atoms with Crippen molar-refractivity contribution >= 4 is 38.9 Å². The lowest BCUT2D eigenvalue weighted by atomic mass is 10.1. The Bertz CT molecular complexity index is 864. The van der Waals surface area contributed by atoms with Gasteiger partial charge in [-0.25, -0.2) is 8.42 Å². The molecule has 0 heterocycles. The first-order valence-corrected chi connectivity index (χ1v) is 8.73. The van der Waals surface area contributed by atoms with Crippen LogP contribution in [0.15, 0.2) is 41.3 Å². The molecule has 0 aliphatic heterocycles. The maximum Gasteiger partial charge on any atom is 0.262 e. The van der Waals surface area contributed by atoms with E-state index in [1.807, 2.05) is 0 Å². The van der Waals surface area contributed by atoms with Gasteiger partial charge in [-0.05, 0) is 49.2 Å². The van der Waals surface area contributed by atoms with E-state index in [-0.39, 0.29) is 10.8 Å². The molecule has 0 aliphatic rings. The normalized spacial score (nSPS) is 11.1. The average molecular weight is 353 g/mol. The van der Waals surface area contributed by atoms with E-state index in [2.05, 4.69) is 10.0 Å². The monoisotopic (exact) mass is 352 g/mol. The standard InChI is InChI=1S/C16H17ClN2O3S/c1-10-13(17)6-4-9-16(10)23(21,22)19-15-8-5-7-14(11(15)2)18-12(3)20/h4-9,19H,1-3H3,(H,18,20). The molecule has 7 heteroatoms. The number of carbonyl (C=O) groups excluding carboxylic acids is 1. The Hall–Kier alpha value is -2.05. The number of carbonyl (C=O) groups is 1. The van der Waals surface area contributed by atoms with Gasteiger partial charge in [-0.15, -0.1) is 0 Å². The molecule has 0 fully saturated rings. The van der Waals surface area contributed by atoms with Crippen LogP contribution in [0.2, 0.25) is 5.02 Å². The molecule has 0 unspecified atom stereocenters. The quantitative estimate of drug-likeness (QED) is 0.880. The highest BCUT2D eigenvalue weighted by molar-refractivity contribution is 7.92. The maximum atomic E-state index is 12.6. The van der Waals surface area contributed by atoms with Gasteiger partial charge < -0.3 is 5.32 Å². The minimum absolute atomic E-state index is 0.120. The number of benzene rings is 2. The molecule has 0 saturated heterocycles.